The molecule has 0 N–H and O–H groups in total. The first kappa shape index (κ1) is 20.6. The van der Waals surface area contributed by atoms with Crippen LogP contribution in [0.5, 0.6) is 5.75 Å². The highest BCUT2D eigenvalue weighted by Crippen LogP contribution is 2.29. The van der Waals surface area contributed by atoms with E-state index in [1.807, 2.05) is 67.6 Å². The zero-order chi connectivity index (χ0) is 22.8. The number of hydrogen-bond donors (Lipinski definition) is 0. The van der Waals surface area contributed by atoms with Gasteiger partial charge in [0.15, 0.2) is 5.84 Å². The van der Waals surface area contributed by atoms with E-state index in [0.717, 1.165) is 39.4 Å². The van der Waals surface area contributed by atoms with E-state index in [4.69, 9.17) is 14.7 Å². The van der Waals surface area contributed by atoms with Crippen LogP contribution in [0.25, 0.3) is 11.8 Å². The van der Waals surface area contributed by atoms with Gasteiger partial charge in [0.25, 0.3) is 5.91 Å². The van der Waals surface area contributed by atoms with Crippen LogP contribution in [-0.2, 0) is 11.2 Å². The Hall–Kier alpha value is -4.25. The molecule has 0 atom stereocenters. The molecular weight excluding hydrogens is 410 g/mol. The Morgan fingerprint density at radius 1 is 0.939 bits per heavy atom. The van der Waals surface area contributed by atoms with E-state index in [-0.39, 0.29) is 5.91 Å². The van der Waals surface area contributed by atoms with Crippen LogP contribution in [0.1, 0.15) is 22.3 Å². The van der Waals surface area contributed by atoms with Gasteiger partial charge in [0.1, 0.15) is 11.4 Å². The van der Waals surface area contributed by atoms with Gasteiger partial charge in [-0.25, -0.2) is 9.98 Å². The number of ether oxygens (including phenoxy) is 1. The van der Waals surface area contributed by atoms with Crippen molar-refractivity contribution in [3.8, 4) is 5.75 Å². The molecule has 0 spiro atoms. The molecule has 0 radical (unpaired) electrons. The van der Waals surface area contributed by atoms with Gasteiger partial charge in [-0.15, -0.1) is 0 Å². The first-order valence-corrected chi connectivity index (χ1v) is 10.8. The number of aliphatic imine (C=N–C) groups is 2. The van der Waals surface area contributed by atoms with Crippen molar-refractivity contribution >= 4 is 29.2 Å². The van der Waals surface area contributed by atoms with Crippen molar-refractivity contribution in [2.75, 3.05) is 7.11 Å². The molecule has 0 saturated carbocycles. The third-order valence-corrected chi connectivity index (χ3v) is 5.58. The van der Waals surface area contributed by atoms with E-state index in [2.05, 4.69) is 18.2 Å². The first-order chi connectivity index (χ1) is 16.1. The van der Waals surface area contributed by atoms with Crippen molar-refractivity contribution in [2.45, 2.75) is 13.3 Å². The number of amides is 1. The Balaban J connectivity index is 1.57. The molecule has 1 amide bonds. The number of carbonyl (C=O) groups is 1. The van der Waals surface area contributed by atoms with Crippen LogP contribution in [0.4, 0.5) is 0 Å². The Morgan fingerprint density at radius 3 is 2.55 bits per heavy atom. The Bertz CT molecular complexity index is 1350. The fraction of sp³-hybridized carbons (Fsp3) is 0.107. The van der Waals surface area contributed by atoms with Gasteiger partial charge in [-0.1, -0.05) is 66.2 Å². The minimum absolute atomic E-state index is 0.168. The molecule has 3 aromatic rings. The molecule has 162 valence electrons. The number of nitrogens with zero attached hydrogens (tertiary/aromatic N) is 3. The molecule has 5 nitrogen and oxygen atoms in total. The van der Waals surface area contributed by atoms with E-state index < -0.39 is 0 Å². The fourth-order valence-electron chi connectivity index (χ4n) is 3.94. The van der Waals surface area contributed by atoms with Crippen LogP contribution in [-0.4, -0.2) is 29.5 Å². The largest absolute Gasteiger partial charge is 0.497 e. The monoisotopic (exact) mass is 433 g/mol. The number of amidine groups is 1. The summed E-state index contributed by atoms with van der Waals surface area (Å²) in [5.41, 5.74) is 5.97. The highest BCUT2D eigenvalue weighted by molar-refractivity contribution is 6.48. The summed E-state index contributed by atoms with van der Waals surface area (Å²) >= 11 is 0. The summed E-state index contributed by atoms with van der Waals surface area (Å²) in [5.74, 6) is 1.14. The lowest BCUT2D eigenvalue weighted by Gasteiger charge is -2.22. The predicted octanol–water partition coefficient (Wildman–Crippen LogP) is 5.28. The number of hydrogen-bond acceptors (Lipinski definition) is 4. The molecule has 0 aliphatic carbocycles. The normalized spacial score (nSPS) is 16.3. The Kier molecular flexibility index (Phi) is 5.45. The second kappa shape index (κ2) is 8.71. The Morgan fingerprint density at radius 2 is 1.76 bits per heavy atom. The van der Waals surface area contributed by atoms with Crippen molar-refractivity contribution in [1.29, 1.82) is 0 Å². The topological polar surface area (TPSA) is 54.3 Å². The van der Waals surface area contributed by atoms with Gasteiger partial charge in [0, 0.05) is 18.2 Å². The third kappa shape index (κ3) is 4.26. The molecule has 0 unspecified atom stereocenters. The van der Waals surface area contributed by atoms with Gasteiger partial charge in [0.05, 0.1) is 18.5 Å². The van der Waals surface area contributed by atoms with Gasteiger partial charge >= 0.3 is 0 Å². The van der Waals surface area contributed by atoms with Crippen LogP contribution in [0.3, 0.4) is 0 Å². The lowest BCUT2D eigenvalue weighted by Crippen LogP contribution is -2.36. The second-order valence-corrected chi connectivity index (χ2v) is 8.02. The van der Waals surface area contributed by atoms with Crippen molar-refractivity contribution in [1.82, 2.24) is 4.90 Å². The lowest BCUT2D eigenvalue weighted by molar-refractivity contribution is -0.120. The summed E-state index contributed by atoms with van der Waals surface area (Å²) < 4.78 is 5.31. The summed E-state index contributed by atoms with van der Waals surface area (Å²) in [6.45, 7) is 2.05. The molecule has 3 aromatic carbocycles. The molecule has 0 aromatic heterocycles. The van der Waals surface area contributed by atoms with Crippen LogP contribution in [0, 0.1) is 6.92 Å². The minimum atomic E-state index is -0.168. The van der Waals surface area contributed by atoms with E-state index in [9.17, 15) is 4.79 Å². The van der Waals surface area contributed by atoms with Crippen LogP contribution in [0.2, 0.25) is 0 Å². The molecule has 2 heterocycles. The molecule has 33 heavy (non-hydrogen) atoms. The van der Waals surface area contributed by atoms with Crippen molar-refractivity contribution in [3.63, 3.8) is 0 Å². The maximum Gasteiger partial charge on any atom is 0.282 e. The maximum atomic E-state index is 13.4. The molecule has 0 fully saturated rings. The molecule has 5 heteroatoms. The smallest absolute Gasteiger partial charge is 0.282 e. The average molecular weight is 434 g/mol. The van der Waals surface area contributed by atoms with E-state index >= 15 is 0 Å². The van der Waals surface area contributed by atoms with Gasteiger partial charge in [0.2, 0.25) is 0 Å². The third-order valence-electron chi connectivity index (χ3n) is 5.58. The van der Waals surface area contributed by atoms with Crippen molar-refractivity contribution in [2.24, 2.45) is 9.98 Å². The van der Waals surface area contributed by atoms with E-state index in [0.29, 0.717) is 18.0 Å². The second-order valence-electron chi connectivity index (χ2n) is 8.02. The molecule has 2 aliphatic rings. The van der Waals surface area contributed by atoms with Gasteiger partial charge in [-0.3, -0.25) is 9.69 Å². The number of carbonyl (C=O) groups excluding carboxylic acids is 1. The van der Waals surface area contributed by atoms with Gasteiger partial charge in [-0.2, -0.15) is 0 Å². The minimum Gasteiger partial charge on any atom is -0.497 e. The maximum absolute atomic E-state index is 13.4. The molecule has 0 saturated heterocycles. The number of aryl methyl sites for hydroxylation is 1. The summed E-state index contributed by atoms with van der Waals surface area (Å²) in [7, 11) is 1.62. The molecule has 0 bridgehead atoms. The van der Waals surface area contributed by atoms with E-state index in [1.165, 1.54) is 0 Å². The SMILES string of the molecule is COc1cccc(/C=C2\N=C3C(Cc4ccccc4)=NC(c4cccc(C)c4)=CN3C2=O)c1. The summed E-state index contributed by atoms with van der Waals surface area (Å²) in [4.78, 5) is 24.6. The Labute approximate surface area is 193 Å². The van der Waals surface area contributed by atoms with Crippen LogP contribution in [0.15, 0.2) is 101 Å². The zero-order valence-electron chi connectivity index (χ0n) is 18.5. The van der Waals surface area contributed by atoms with Crippen molar-refractivity contribution in [3.05, 3.63) is 113 Å². The van der Waals surface area contributed by atoms with Crippen molar-refractivity contribution < 1.29 is 9.53 Å². The molecular formula is C28H23N3O2. The molecule has 2 aliphatic heterocycles. The van der Waals surface area contributed by atoms with Gasteiger partial charge in [-0.05, 0) is 42.3 Å². The lowest BCUT2D eigenvalue weighted by atomic mass is 10.0. The highest BCUT2D eigenvalue weighted by Gasteiger charge is 2.35. The van der Waals surface area contributed by atoms with E-state index in [1.54, 1.807) is 24.3 Å². The van der Waals surface area contributed by atoms with Crippen LogP contribution < -0.4 is 4.74 Å². The van der Waals surface area contributed by atoms with Gasteiger partial charge < -0.3 is 4.74 Å². The summed E-state index contributed by atoms with van der Waals surface area (Å²) in [6.07, 6.45) is 4.16. The fourth-order valence-corrected chi connectivity index (χ4v) is 3.94. The number of rotatable bonds is 5. The number of fused-ring (bicyclic) bond motifs is 1. The quantitative estimate of drug-likeness (QED) is 0.514. The number of methoxy groups -OCH3 is 1. The number of benzene rings is 3. The standard InChI is InChI=1S/C28H23N3O2/c1-19-8-6-12-22(14-19)26-18-31-27(24(29-26)16-20-9-4-3-5-10-20)30-25(28(31)32)17-21-11-7-13-23(15-21)33-2/h3-15,17-18H,16H2,1-2H3/b25-17-. The molecule has 5 rings (SSSR count). The zero-order valence-corrected chi connectivity index (χ0v) is 18.5. The van der Waals surface area contributed by atoms with Crippen LogP contribution >= 0.6 is 0 Å². The summed E-state index contributed by atoms with van der Waals surface area (Å²) in [5, 5.41) is 0. The highest BCUT2D eigenvalue weighted by atomic mass is 16.5. The summed E-state index contributed by atoms with van der Waals surface area (Å²) in [6, 6.07) is 25.8. The predicted molar refractivity (Wildman–Crippen MR) is 132 cm³/mol. The average Bonchev–Trinajstić information content (AvgIpc) is 3.15. The first-order valence-electron chi connectivity index (χ1n) is 10.8.